The van der Waals surface area contributed by atoms with Gasteiger partial charge in [0.15, 0.2) is 18.9 Å². The zero-order valence-electron chi connectivity index (χ0n) is 17.7. The van der Waals surface area contributed by atoms with Gasteiger partial charge in [0, 0.05) is 36.6 Å². The number of hydrogen-bond acceptors (Lipinski definition) is 4. The van der Waals surface area contributed by atoms with Crippen molar-refractivity contribution in [3.63, 3.8) is 0 Å². The Morgan fingerprint density at radius 3 is 2.66 bits per heavy atom. The van der Waals surface area contributed by atoms with Crippen LogP contribution >= 0.6 is 0 Å². The molecule has 0 radical (unpaired) electrons. The zero-order chi connectivity index (χ0) is 22.4. The van der Waals surface area contributed by atoms with Gasteiger partial charge in [-0.05, 0) is 24.1 Å². The van der Waals surface area contributed by atoms with E-state index in [0.29, 0.717) is 18.5 Å². The van der Waals surface area contributed by atoms with E-state index in [-0.39, 0.29) is 29.5 Å². The maximum atomic E-state index is 12.7. The molecular formula is C25H23N3O4. The first-order valence-corrected chi connectivity index (χ1v) is 10.7. The summed E-state index contributed by atoms with van der Waals surface area (Å²) >= 11 is 0. The van der Waals surface area contributed by atoms with Crippen molar-refractivity contribution in [1.82, 2.24) is 9.80 Å². The number of benzene rings is 1. The highest BCUT2D eigenvalue weighted by Crippen LogP contribution is 2.47. The van der Waals surface area contributed by atoms with E-state index < -0.39 is 12.0 Å². The lowest BCUT2D eigenvalue weighted by Crippen LogP contribution is -2.69. The minimum absolute atomic E-state index is 0.0307. The number of aromatic nitrogens is 1. The molecule has 1 aromatic carbocycles. The molecule has 7 nitrogen and oxygen atoms in total. The smallest absolute Gasteiger partial charge is 0.252 e. The standard InChI is InChI=1S/C25H23N3O4/c1-16(29)27-15-20-12-19(22(25(31)32)28-21(20)23(27)24(28)30)10-9-18-8-5-11-26(14-18)13-17-6-3-2-4-7-17/h2-11,14,20-21,23H,12-13,15H2,1H3/b10-9+/t20?,21-,23?/m1/s1. The van der Waals surface area contributed by atoms with Gasteiger partial charge >= 0.3 is 0 Å². The highest BCUT2D eigenvalue weighted by atomic mass is 16.4. The van der Waals surface area contributed by atoms with Gasteiger partial charge in [0.05, 0.1) is 17.7 Å². The number of nitrogens with zero attached hydrogens (tertiary/aromatic N) is 3. The predicted octanol–water partition coefficient (Wildman–Crippen LogP) is 0.501. The number of carboxylic acid groups (broad SMARTS) is 1. The van der Waals surface area contributed by atoms with Crippen molar-refractivity contribution in [3.8, 4) is 0 Å². The van der Waals surface area contributed by atoms with Crippen LogP contribution in [0.4, 0.5) is 0 Å². The van der Waals surface area contributed by atoms with Crippen LogP contribution in [0.2, 0.25) is 0 Å². The van der Waals surface area contributed by atoms with Crippen molar-refractivity contribution in [2.45, 2.75) is 32.0 Å². The second kappa shape index (κ2) is 7.75. The molecule has 3 aliphatic rings. The Morgan fingerprint density at radius 2 is 1.94 bits per heavy atom. The molecule has 5 rings (SSSR count). The zero-order valence-corrected chi connectivity index (χ0v) is 17.7. The highest BCUT2D eigenvalue weighted by Gasteiger charge is 2.62. The summed E-state index contributed by atoms with van der Waals surface area (Å²) in [6.07, 6.45) is 8.09. The summed E-state index contributed by atoms with van der Waals surface area (Å²) in [6, 6.07) is 13.2. The number of β-lactam (4-membered cyclic amide) rings is 1. The fraction of sp³-hybridized carbons (Fsp3) is 0.280. The number of likely N-dealkylation sites (tertiary alicyclic amines) is 1. The number of rotatable bonds is 5. The van der Waals surface area contributed by atoms with Gasteiger partial charge < -0.3 is 19.7 Å². The van der Waals surface area contributed by atoms with Crippen LogP contribution < -0.4 is 9.67 Å². The molecule has 0 bridgehead atoms. The molecule has 2 amide bonds. The fourth-order valence-corrected chi connectivity index (χ4v) is 5.16. The van der Waals surface area contributed by atoms with Crippen LogP contribution in [-0.2, 0) is 20.9 Å². The Kier molecular flexibility index (Phi) is 4.89. The maximum Gasteiger partial charge on any atom is 0.252 e. The van der Waals surface area contributed by atoms with Gasteiger partial charge in [0.1, 0.15) is 6.04 Å². The third kappa shape index (κ3) is 3.30. The second-order valence-corrected chi connectivity index (χ2v) is 8.57. The number of allylic oxidation sites excluding steroid dienone is 2. The summed E-state index contributed by atoms with van der Waals surface area (Å²) in [6.45, 7) is 2.64. The van der Waals surface area contributed by atoms with Crippen molar-refractivity contribution >= 4 is 23.9 Å². The minimum atomic E-state index is -1.36. The number of carbonyl (C=O) groups is 3. The Morgan fingerprint density at radius 1 is 1.16 bits per heavy atom. The number of aliphatic carboxylic acids is 1. The quantitative estimate of drug-likeness (QED) is 0.512. The molecule has 2 fully saturated rings. The first-order valence-electron chi connectivity index (χ1n) is 10.7. The lowest BCUT2D eigenvalue weighted by molar-refractivity contribution is -0.688. The van der Waals surface area contributed by atoms with E-state index in [1.807, 2.05) is 48.8 Å². The van der Waals surface area contributed by atoms with Gasteiger partial charge in [-0.25, -0.2) is 4.57 Å². The Labute approximate surface area is 185 Å². The molecular weight excluding hydrogens is 406 g/mol. The summed E-state index contributed by atoms with van der Waals surface area (Å²) in [5, 5.41) is 11.9. The van der Waals surface area contributed by atoms with E-state index in [9.17, 15) is 19.5 Å². The molecule has 0 saturated carbocycles. The van der Waals surface area contributed by atoms with E-state index in [1.54, 1.807) is 11.0 Å². The average molecular weight is 429 g/mol. The Bertz CT molecular complexity index is 1170. The van der Waals surface area contributed by atoms with Gasteiger partial charge in [-0.1, -0.05) is 36.4 Å². The van der Waals surface area contributed by atoms with Crippen molar-refractivity contribution in [3.05, 3.63) is 83.3 Å². The molecule has 0 N–H and O–H groups in total. The molecule has 3 aliphatic heterocycles. The first-order chi connectivity index (χ1) is 15.4. The van der Waals surface area contributed by atoms with Gasteiger partial charge in [-0.2, -0.15) is 0 Å². The summed E-state index contributed by atoms with van der Waals surface area (Å²) in [5.74, 6) is -1.82. The third-order valence-corrected chi connectivity index (χ3v) is 6.55. The van der Waals surface area contributed by atoms with Crippen molar-refractivity contribution in [2.75, 3.05) is 6.54 Å². The molecule has 32 heavy (non-hydrogen) atoms. The van der Waals surface area contributed by atoms with E-state index in [2.05, 4.69) is 16.7 Å². The van der Waals surface area contributed by atoms with E-state index in [0.717, 1.165) is 12.1 Å². The van der Waals surface area contributed by atoms with Crippen LogP contribution in [0.5, 0.6) is 0 Å². The van der Waals surface area contributed by atoms with Crippen molar-refractivity contribution in [1.29, 1.82) is 0 Å². The average Bonchev–Trinajstić information content (AvgIpc) is 3.15. The SMILES string of the molecule is CC(=O)N1CC2CC(/C=C/c3ccc[n+](Cc4ccccc4)c3)=C(C(=O)[O-])N3C(=O)C1[C@@H]23. The first kappa shape index (κ1) is 20.2. The van der Waals surface area contributed by atoms with E-state index >= 15 is 0 Å². The topological polar surface area (TPSA) is 84.6 Å². The van der Waals surface area contributed by atoms with Crippen molar-refractivity contribution in [2.24, 2.45) is 5.92 Å². The number of carboxylic acids is 1. The molecule has 0 spiro atoms. The van der Waals surface area contributed by atoms with Crippen LogP contribution in [-0.4, -0.2) is 46.2 Å². The van der Waals surface area contributed by atoms with Gasteiger partial charge in [-0.15, -0.1) is 0 Å². The molecule has 1 aromatic heterocycles. The monoisotopic (exact) mass is 429 g/mol. The number of amides is 2. The van der Waals surface area contributed by atoms with Crippen LogP contribution in [0.25, 0.3) is 6.08 Å². The van der Waals surface area contributed by atoms with Gasteiger partial charge in [0.2, 0.25) is 5.91 Å². The largest absolute Gasteiger partial charge is 0.543 e. The number of pyridine rings is 1. The van der Waals surface area contributed by atoms with Crippen LogP contribution in [0, 0.1) is 5.92 Å². The minimum Gasteiger partial charge on any atom is -0.543 e. The highest BCUT2D eigenvalue weighted by molar-refractivity contribution is 6.02. The Balaban J connectivity index is 1.42. The molecule has 0 aliphatic carbocycles. The molecule has 2 saturated heterocycles. The molecule has 4 heterocycles. The van der Waals surface area contributed by atoms with E-state index in [1.165, 1.54) is 17.4 Å². The lowest BCUT2D eigenvalue weighted by Gasteiger charge is -2.50. The summed E-state index contributed by atoms with van der Waals surface area (Å²) in [5.41, 5.74) is 2.59. The van der Waals surface area contributed by atoms with E-state index in [4.69, 9.17) is 0 Å². The number of hydrogen-bond donors (Lipinski definition) is 0. The normalized spacial score (nSPS) is 24.0. The molecule has 7 heteroatoms. The molecule has 3 atom stereocenters. The maximum absolute atomic E-state index is 12.7. The van der Waals surface area contributed by atoms with Crippen LogP contribution in [0.1, 0.15) is 24.5 Å². The third-order valence-electron chi connectivity index (χ3n) is 6.55. The summed E-state index contributed by atoms with van der Waals surface area (Å²) < 4.78 is 2.06. The predicted molar refractivity (Wildman–Crippen MR) is 113 cm³/mol. The Hall–Kier alpha value is -3.74. The molecule has 2 unspecified atom stereocenters. The number of carbonyl (C=O) groups excluding carboxylic acids is 3. The van der Waals surface area contributed by atoms with Crippen molar-refractivity contribution < 1.29 is 24.1 Å². The van der Waals surface area contributed by atoms with Crippen LogP contribution in [0.15, 0.2) is 72.2 Å². The molecule has 162 valence electrons. The van der Waals surface area contributed by atoms with Crippen LogP contribution in [0.3, 0.4) is 0 Å². The summed E-state index contributed by atoms with van der Waals surface area (Å²) in [4.78, 5) is 39.5. The van der Waals surface area contributed by atoms with Gasteiger partial charge in [-0.3, -0.25) is 9.59 Å². The summed E-state index contributed by atoms with van der Waals surface area (Å²) in [7, 11) is 0. The fourth-order valence-electron chi connectivity index (χ4n) is 5.16. The lowest BCUT2D eigenvalue weighted by atomic mass is 9.79. The molecule has 2 aromatic rings. The van der Waals surface area contributed by atoms with Gasteiger partial charge in [0.25, 0.3) is 5.91 Å². The second-order valence-electron chi connectivity index (χ2n) is 8.57.